The van der Waals surface area contributed by atoms with Gasteiger partial charge in [-0.1, -0.05) is 42.6 Å². The smallest absolute Gasteiger partial charge is 0.268 e. The number of hydrogen-bond acceptors (Lipinski definition) is 5. The van der Waals surface area contributed by atoms with Gasteiger partial charge in [0.2, 0.25) is 5.91 Å². The summed E-state index contributed by atoms with van der Waals surface area (Å²) < 4.78 is 1.00. The van der Waals surface area contributed by atoms with Gasteiger partial charge in [-0.25, -0.2) is 0 Å². The zero-order valence-corrected chi connectivity index (χ0v) is 18.7. The highest BCUT2D eigenvalue weighted by atomic mass is 79.9. The Kier molecular flexibility index (Phi) is 5.55. The molecule has 1 aliphatic carbocycles. The first-order valence-corrected chi connectivity index (χ1v) is 11.1. The molecule has 7 nitrogen and oxygen atoms in total. The molecule has 2 N–H and O–H groups in total. The molecule has 0 aromatic heterocycles. The number of fused-ring (bicyclic) bond motifs is 3. The predicted octanol–water partition coefficient (Wildman–Crippen LogP) is 3.05. The maximum Gasteiger partial charge on any atom is 0.268 e. The van der Waals surface area contributed by atoms with E-state index in [4.69, 9.17) is 0 Å². The second-order valence-electron chi connectivity index (χ2n) is 8.46. The number of halogens is 1. The number of benzene rings is 1. The lowest BCUT2D eigenvalue weighted by Crippen LogP contribution is -2.70. The van der Waals surface area contributed by atoms with Crippen molar-refractivity contribution in [3.63, 3.8) is 0 Å². The summed E-state index contributed by atoms with van der Waals surface area (Å²) in [5.41, 5.74) is 4.82. The molecule has 0 radical (unpaired) electrons. The van der Waals surface area contributed by atoms with Crippen molar-refractivity contribution in [3.8, 4) is 0 Å². The second-order valence-corrected chi connectivity index (χ2v) is 9.32. The maximum atomic E-state index is 13.3. The lowest BCUT2D eigenvalue weighted by Gasteiger charge is -2.51. The lowest BCUT2D eigenvalue weighted by atomic mass is 9.85. The largest absolute Gasteiger partial charge is 0.325 e. The van der Waals surface area contributed by atoms with E-state index in [0.29, 0.717) is 0 Å². The fourth-order valence-corrected chi connectivity index (χ4v) is 4.96. The van der Waals surface area contributed by atoms with Crippen molar-refractivity contribution < 1.29 is 9.59 Å². The van der Waals surface area contributed by atoms with Gasteiger partial charge in [0.1, 0.15) is 12.4 Å². The van der Waals surface area contributed by atoms with Crippen molar-refractivity contribution in [2.75, 3.05) is 11.9 Å². The molecule has 1 aromatic carbocycles. The van der Waals surface area contributed by atoms with Gasteiger partial charge in [-0.3, -0.25) is 15.0 Å². The molecular weight excluding hydrogens is 434 g/mol. The zero-order chi connectivity index (χ0) is 20.7. The average molecular weight is 462 g/mol. The third-order valence-electron chi connectivity index (χ3n) is 6.08. The van der Waals surface area contributed by atoms with Gasteiger partial charge in [0.25, 0.3) is 5.91 Å². The molecule has 2 fully saturated rings. The summed E-state index contributed by atoms with van der Waals surface area (Å²) in [5.74, 6) is 0.976. The SMILES string of the molecule is Cc1cc(NC(=O)CN2C(=O)C3NN=C(C(C)C)N3C3CCCCC32)ccc1Br. The number of carbonyl (C=O) groups excluding carboxylic acids is 2. The molecule has 1 saturated heterocycles. The van der Waals surface area contributed by atoms with Gasteiger partial charge >= 0.3 is 0 Å². The Labute approximate surface area is 180 Å². The van der Waals surface area contributed by atoms with Crippen LogP contribution >= 0.6 is 15.9 Å². The van der Waals surface area contributed by atoms with E-state index in [2.05, 4.69) is 50.5 Å². The van der Waals surface area contributed by atoms with Gasteiger partial charge in [0.05, 0.1) is 12.1 Å². The number of rotatable bonds is 4. The predicted molar refractivity (Wildman–Crippen MR) is 116 cm³/mol. The molecule has 0 spiro atoms. The molecule has 1 aromatic rings. The number of aryl methyl sites for hydroxylation is 1. The first-order chi connectivity index (χ1) is 13.9. The van der Waals surface area contributed by atoms with Crippen molar-refractivity contribution in [1.82, 2.24) is 15.2 Å². The molecule has 3 atom stereocenters. The van der Waals surface area contributed by atoms with Gasteiger partial charge in [-0.15, -0.1) is 0 Å². The molecule has 156 valence electrons. The molecule has 4 rings (SSSR count). The van der Waals surface area contributed by atoms with Crippen LogP contribution in [0.3, 0.4) is 0 Å². The molecule has 2 amide bonds. The van der Waals surface area contributed by atoms with Crippen LogP contribution in [0.5, 0.6) is 0 Å². The Morgan fingerprint density at radius 3 is 2.72 bits per heavy atom. The number of piperazine rings is 1. The highest BCUT2D eigenvalue weighted by Crippen LogP contribution is 2.35. The standard InChI is InChI=1S/C21H28BrN5O2/c1-12(2)19-24-25-20-21(29)26(16-6-4-5-7-17(16)27(19)20)11-18(28)23-14-8-9-15(22)13(3)10-14/h8-10,12,16-17,20,25H,4-7,11H2,1-3H3,(H,23,28). The van der Waals surface area contributed by atoms with Crippen molar-refractivity contribution in [2.45, 2.75) is 64.7 Å². The number of hydrogen-bond donors (Lipinski definition) is 2. The third-order valence-corrected chi connectivity index (χ3v) is 6.97. The fraction of sp³-hybridized carbons (Fsp3) is 0.571. The van der Waals surface area contributed by atoms with Gasteiger partial charge in [0, 0.05) is 16.1 Å². The zero-order valence-electron chi connectivity index (χ0n) is 17.1. The van der Waals surface area contributed by atoms with E-state index in [9.17, 15) is 9.59 Å². The van der Waals surface area contributed by atoms with Crippen LogP contribution in [-0.2, 0) is 9.59 Å². The van der Waals surface area contributed by atoms with Crippen LogP contribution in [0.1, 0.15) is 45.1 Å². The van der Waals surface area contributed by atoms with E-state index in [1.54, 1.807) is 4.90 Å². The van der Waals surface area contributed by atoms with E-state index in [1.165, 1.54) is 0 Å². The van der Waals surface area contributed by atoms with Gasteiger partial charge in [-0.05, 0) is 43.5 Å². The van der Waals surface area contributed by atoms with Crippen LogP contribution < -0.4 is 10.7 Å². The maximum absolute atomic E-state index is 13.3. The fourth-order valence-electron chi connectivity index (χ4n) is 4.72. The van der Waals surface area contributed by atoms with Crippen molar-refractivity contribution in [3.05, 3.63) is 28.2 Å². The summed E-state index contributed by atoms with van der Waals surface area (Å²) in [6.45, 7) is 6.25. The van der Waals surface area contributed by atoms with E-state index < -0.39 is 6.17 Å². The van der Waals surface area contributed by atoms with Gasteiger partial charge in [-0.2, -0.15) is 5.10 Å². The molecule has 0 bridgehead atoms. The molecule has 2 heterocycles. The molecular formula is C21H28BrN5O2. The summed E-state index contributed by atoms with van der Waals surface area (Å²) in [7, 11) is 0. The van der Waals surface area contributed by atoms with Gasteiger partial charge in [0.15, 0.2) is 6.17 Å². The lowest BCUT2D eigenvalue weighted by molar-refractivity contribution is -0.151. The van der Waals surface area contributed by atoms with Crippen LogP contribution in [-0.4, -0.2) is 52.2 Å². The number of amidine groups is 1. The van der Waals surface area contributed by atoms with Crippen molar-refractivity contribution in [1.29, 1.82) is 0 Å². The summed E-state index contributed by atoms with van der Waals surface area (Å²) in [4.78, 5) is 30.0. The number of amides is 2. The summed E-state index contributed by atoms with van der Waals surface area (Å²) >= 11 is 3.47. The Morgan fingerprint density at radius 1 is 1.31 bits per heavy atom. The van der Waals surface area contributed by atoms with Crippen LogP contribution in [0.15, 0.2) is 27.8 Å². The Morgan fingerprint density at radius 2 is 2.03 bits per heavy atom. The molecule has 8 heteroatoms. The average Bonchev–Trinajstić information content (AvgIpc) is 3.14. The van der Waals surface area contributed by atoms with E-state index in [-0.39, 0.29) is 36.4 Å². The molecule has 2 aliphatic heterocycles. The first kappa shape index (κ1) is 20.2. The number of anilines is 1. The second kappa shape index (κ2) is 7.97. The normalized spacial score (nSPS) is 26.0. The summed E-state index contributed by atoms with van der Waals surface area (Å²) in [5, 5.41) is 7.40. The van der Waals surface area contributed by atoms with Crippen LogP contribution in [0.4, 0.5) is 5.69 Å². The third kappa shape index (κ3) is 3.74. The van der Waals surface area contributed by atoms with E-state index in [0.717, 1.165) is 47.2 Å². The molecule has 1 saturated carbocycles. The van der Waals surface area contributed by atoms with Crippen LogP contribution in [0, 0.1) is 12.8 Å². The Balaban J connectivity index is 1.52. The summed E-state index contributed by atoms with van der Waals surface area (Å²) in [6, 6.07) is 5.96. The minimum Gasteiger partial charge on any atom is -0.325 e. The van der Waals surface area contributed by atoms with Crippen LogP contribution in [0.2, 0.25) is 0 Å². The number of nitrogens with zero attached hydrogens (tertiary/aromatic N) is 3. The number of nitrogens with one attached hydrogen (secondary N) is 2. The minimum absolute atomic E-state index is 0.0498. The van der Waals surface area contributed by atoms with E-state index in [1.807, 2.05) is 25.1 Å². The van der Waals surface area contributed by atoms with Gasteiger partial charge < -0.3 is 15.1 Å². The highest BCUT2D eigenvalue weighted by molar-refractivity contribution is 9.10. The Hall–Kier alpha value is -2.09. The van der Waals surface area contributed by atoms with E-state index >= 15 is 0 Å². The minimum atomic E-state index is -0.491. The molecule has 3 unspecified atom stereocenters. The quantitative estimate of drug-likeness (QED) is 0.722. The Bertz CT molecular complexity index is 855. The first-order valence-electron chi connectivity index (χ1n) is 10.3. The topological polar surface area (TPSA) is 77.0 Å². The molecule has 3 aliphatic rings. The highest BCUT2D eigenvalue weighted by Gasteiger charge is 2.51. The van der Waals surface area contributed by atoms with Crippen molar-refractivity contribution >= 4 is 39.3 Å². The van der Waals surface area contributed by atoms with Crippen molar-refractivity contribution in [2.24, 2.45) is 11.0 Å². The molecule has 29 heavy (non-hydrogen) atoms. The van der Waals surface area contributed by atoms with Crippen LogP contribution in [0.25, 0.3) is 0 Å². The monoisotopic (exact) mass is 461 g/mol. The summed E-state index contributed by atoms with van der Waals surface area (Å²) in [6.07, 6.45) is 3.68. The number of hydrazone groups is 1. The number of carbonyl (C=O) groups is 2.